The molecule has 19 heavy (non-hydrogen) atoms. The van der Waals surface area contributed by atoms with E-state index in [1.807, 2.05) is 0 Å². The molecule has 108 valence electrons. The quantitative estimate of drug-likeness (QED) is 0.701. The zero-order valence-corrected chi connectivity index (χ0v) is 13.4. The first kappa shape index (κ1) is 16.2. The molecule has 1 aromatic carbocycles. The summed E-state index contributed by atoms with van der Waals surface area (Å²) in [6.07, 6.45) is 3.89. The minimum Gasteiger partial charge on any atom is -0.314 e. The molecular formula is C18H31N. The molecule has 0 saturated heterocycles. The van der Waals surface area contributed by atoms with Crippen molar-refractivity contribution < 1.29 is 0 Å². The molecule has 0 aliphatic rings. The van der Waals surface area contributed by atoms with Crippen LogP contribution in [-0.2, 0) is 0 Å². The minimum atomic E-state index is 0.564. The lowest BCUT2D eigenvalue weighted by Crippen LogP contribution is -2.29. The molecule has 1 aromatic rings. The van der Waals surface area contributed by atoms with Crippen molar-refractivity contribution in [1.82, 2.24) is 5.32 Å². The lowest BCUT2D eigenvalue weighted by atomic mass is 9.86. The van der Waals surface area contributed by atoms with E-state index in [1.165, 1.54) is 30.4 Å². The molecule has 1 heteroatoms. The van der Waals surface area contributed by atoms with Crippen LogP contribution in [0.1, 0.15) is 64.0 Å². The van der Waals surface area contributed by atoms with E-state index in [9.17, 15) is 0 Å². The molecule has 0 radical (unpaired) electrons. The topological polar surface area (TPSA) is 12.0 Å². The Bertz CT molecular complexity index is 335. The van der Waals surface area contributed by atoms with Gasteiger partial charge in [0.2, 0.25) is 0 Å². The van der Waals surface area contributed by atoms with Crippen LogP contribution in [-0.4, -0.2) is 12.6 Å². The van der Waals surface area contributed by atoms with Gasteiger partial charge in [-0.15, -0.1) is 0 Å². The fraction of sp³-hybridized carbons (Fsp3) is 0.667. The molecule has 0 spiro atoms. The summed E-state index contributed by atoms with van der Waals surface area (Å²) in [4.78, 5) is 0. The number of hydrogen-bond donors (Lipinski definition) is 1. The maximum Gasteiger partial charge on any atom is 0.00226 e. The molecule has 1 N–H and O–H groups in total. The third-order valence-electron chi connectivity index (χ3n) is 4.09. The fourth-order valence-electron chi connectivity index (χ4n) is 2.58. The molecule has 0 amide bonds. The summed E-state index contributed by atoms with van der Waals surface area (Å²) in [6.45, 7) is 12.3. The molecule has 0 aliphatic carbocycles. The van der Waals surface area contributed by atoms with E-state index in [0.717, 1.165) is 12.5 Å². The van der Waals surface area contributed by atoms with Gasteiger partial charge in [-0.2, -0.15) is 0 Å². The predicted molar refractivity (Wildman–Crippen MR) is 85.7 cm³/mol. The number of benzene rings is 1. The van der Waals surface area contributed by atoms with E-state index in [0.29, 0.717) is 12.0 Å². The van der Waals surface area contributed by atoms with E-state index in [2.05, 4.69) is 64.2 Å². The third kappa shape index (κ3) is 5.78. The van der Waals surface area contributed by atoms with Gasteiger partial charge in [0.1, 0.15) is 0 Å². The van der Waals surface area contributed by atoms with Gasteiger partial charge in [0.05, 0.1) is 0 Å². The first-order chi connectivity index (χ1) is 9.06. The van der Waals surface area contributed by atoms with Crippen molar-refractivity contribution in [1.29, 1.82) is 0 Å². The summed E-state index contributed by atoms with van der Waals surface area (Å²) in [5.41, 5.74) is 2.84. The van der Waals surface area contributed by atoms with Crippen molar-refractivity contribution in [2.45, 2.75) is 65.8 Å². The average Bonchev–Trinajstić information content (AvgIpc) is 2.40. The van der Waals surface area contributed by atoms with Gasteiger partial charge in [-0.05, 0) is 30.7 Å². The van der Waals surface area contributed by atoms with Crippen LogP contribution in [0.5, 0.6) is 0 Å². The molecule has 1 rings (SSSR count). The van der Waals surface area contributed by atoms with E-state index in [1.54, 1.807) is 0 Å². The summed E-state index contributed by atoms with van der Waals surface area (Å²) in [6, 6.07) is 9.67. The number of hydrogen-bond acceptors (Lipinski definition) is 1. The van der Waals surface area contributed by atoms with E-state index in [4.69, 9.17) is 0 Å². The smallest absolute Gasteiger partial charge is 0.00226 e. The van der Waals surface area contributed by atoms with Crippen molar-refractivity contribution in [2.75, 3.05) is 6.54 Å². The summed E-state index contributed by atoms with van der Waals surface area (Å²) in [5.74, 6) is 1.49. The molecule has 0 aromatic heterocycles. The monoisotopic (exact) mass is 261 g/mol. The molecule has 0 fully saturated rings. The Morgan fingerprint density at radius 3 is 2.05 bits per heavy atom. The van der Waals surface area contributed by atoms with Gasteiger partial charge < -0.3 is 5.32 Å². The Balaban J connectivity index is 2.75. The highest BCUT2D eigenvalue weighted by Gasteiger charge is 2.16. The van der Waals surface area contributed by atoms with Crippen LogP contribution >= 0.6 is 0 Å². The van der Waals surface area contributed by atoms with Crippen LogP contribution in [0.4, 0.5) is 0 Å². The molecular weight excluding hydrogens is 230 g/mol. The van der Waals surface area contributed by atoms with Crippen LogP contribution in [0.25, 0.3) is 0 Å². The van der Waals surface area contributed by atoms with Gasteiger partial charge in [-0.1, -0.05) is 70.4 Å². The van der Waals surface area contributed by atoms with Crippen molar-refractivity contribution in [3.05, 3.63) is 35.4 Å². The minimum absolute atomic E-state index is 0.564. The lowest BCUT2D eigenvalue weighted by Gasteiger charge is -2.24. The van der Waals surface area contributed by atoms with Crippen LogP contribution in [0.3, 0.4) is 0 Å². The second-order valence-electron chi connectivity index (χ2n) is 6.09. The molecule has 0 saturated carbocycles. The first-order valence-electron chi connectivity index (χ1n) is 7.86. The molecule has 0 heterocycles. The highest BCUT2D eigenvalue weighted by atomic mass is 14.9. The molecule has 1 unspecified atom stereocenters. The summed E-state index contributed by atoms with van der Waals surface area (Å²) in [7, 11) is 0. The molecule has 1 nitrogen and oxygen atoms in total. The zero-order valence-electron chi connectivity index (χ0n) is 13.4. The second kappa shape index (κ2) is 8.37. The Morgan fingerprint density at radius 1 is 1.00 bits per heavy atom. The largest absolute Gasteiger partial charge is 0.314 e. The van der Waals surface area contributed by atoms with Crippen molar-refractivity contribution in [3.8, 4) is 0 Å². The van der Waals surface area contributed by atoms with Gasteiger partial charge in [0.15, 0.2) is 0 Å². The van der Waals surface area contributed by atoms with Crippen LogP contribution in [0, 0.1) is 12.8 Å². The molecule has 0 aliphatic heterocycles. The normalized spacial score (nSPS) is 13.2. The summed E-state index contributed by atoms with van der Waals surface area (Å²) < 4.78 is 0. The SMILES string of the molecule is CCC(CC)CC(CNC(C)C)c1ccc(C)cc1. The maximum atomic E-state index is 3.61. The third-order valence-corrected chi connectivity index (χ3v) is 4.09. The summed E-state index contributed by atoms with van der Waals surface area (Å²) >= 11 is 0. The first-order valence-corrected chi connectivity index (χ1v) is 7.86. The van der Waals surface area contributed by atoms with E-state index < -0.39 is 0 Å². The van der Waals surface area contributed by atoms with Gasteiger partial charge in [-0.25, -0.2) is 0 Å². The Labute approximate surface area is 119 Å². The fourth-order valence-corrected chi connectivity index (χ4v) is 2.58. The molecule has 1 atom stereocenters. The highest BCUT2D eigenvalue weighted by molar-refractivity contribution is 5.25. The number of aryl methyl sites for hydroxylation is 1. The Kier molecular flexibility index (Phi) is 7.15. The van der Waals surface area contributed by atoms with E-state index in [-0.39, 0.29) is 0 Å². The second-order valence-corrected chi connectivity index (χ2v) is 6.09. The lowest BCUT2D eigenvalue weighted by molar-refractivity contribution is 0.391. The van der Waals surface area contributed by atoms with Crippen LogP contribution in [0.2, 0.25) is 0 Å². The Hall–Kier alpha value is -0.820. The van der Waals surface area contributed by atoms with Crippen molar-refractivity contribution in [3.63, 3.8) is 0 Å². The highest BCUT2D eigenvalue weighted by Crippen LogP contribution is 2.27. The van der Waals surface area contributed by atoms with E-state index >= 15 is 0 Å². The standard InChI is InChI=1S/C18H31N/c1-6-16(7-2)12-18(13-19-14(3)4)17-10-8-15(5)9-11-17/h8-11,14,16,18-19H,6-7,12-13H2,1-5H3. The number of nitrogens with one attached hydrogen (secondary N) is 1. The molecule has 0 bridgehead atoms. The van der Waals surface area contributed by atoms with Crippen molar-refractivity contribution in [2.24, 2.45) is 5.92 Å². The van der Waals surface area contributed by atoms with Crippen LogP contribution < -0.4 is 5.32 Å². The number of rotatable bonds is 8. The van der Waals surface area contributed by atoms with Crippen LogP contribution in [0.15, 0.2) is 24.3 Å². The maximum absolute atomic E-state index is 3.61. The van der Waals surface area contributed by atoms with Gasteiger partial charge >= 0.3 is 0 Å². The predicted octanol–water partition coefficient (Wildman–Crippen LogP) is 4.90. The average molecular weight is 261 g/mol. The van der Waals surface area contributed by atoms with Crippen molar-refractivity contribution >= 4 is 0 Å². The Morgan fingerprint density at radius 2 is 1.58 bits per heavy atom. The van der Waals surface area contributed by atoms with Gasteiger partial charge in [0, 0.05) is 12.6 Å². The zero-order chi connectivity index (χ0) is 14.3. The van der Waals surface area contributed by atoms with Gasteiger partial charge in [-0.3, -0.25) is 0 Å². The van der Waals surface area contributed by atoms with Gasteiger partial charge in [0.25, 0.3) is 0 Å². The summed E-state index contributed by atoms with van der Waals surface area (Å²) in [5, 5.41) is 3.61.